The summed E-state index contributed by atoms with van der Waals surface area (Å²) in [5.74, 6) is -2.08. The van der Waals surface area contributed by atoms with Gasteiger partial charge in [0, 0.05) is 6.38 Å². The minimum absolute atomic E-state index is 0.0226. The summed E-state index contributed by atoms with van der Waals surface area (Å²) in [7, 11) is 0. The number of aromatic nitrogens is 1. The summed E-state index contributed by atoms with van der Waals surface area (Å²) < 4.78 is 29.5. The van der Waals surface area contributed by atoms with Crippen LogP contribution in [0.5, 0.6) is 0 Å². The summed E-state index contributed by atoms with van der Waals surface area (Å²) in [5, 5.41) is 11.4. The fourth-order valence-corrected chi connectivity index (χ4v) is 3.05. The van der Waals surface area contributed by atoms with E-state index in [1.807, 2.05) is 13.8 Å². The van der Waals surface area contributed by atoms with Gasteiger partial charge in [0.25, 0.3) is 5.91 Å². The lowest BCUT2D eigenvalue weighted by Crippen LogP contribution is -2.26. The molecule has 0 atom stereocenters. The Morgan fingerprint density at radius 2 is 1.97 bits per heavy atom. The molecule has 0 saturated heterocycles. The van der Waals surface area contributed by atoms with E-state index in [0.29, 0.717) is 10.3 Å². The van der Waals surface area contributed by atoms with Crippen molar-refractivity contribution in [3.63, 3.8) is 0 Å². The van der Waals surface area contributed by atoms with E-state index in [-0.39, 0.29) is 35.7 Å². The maximum atomic E-state index is 14.9. The molecule has 3 N–H and O–H groups in total. The summed E-state index contributed by atoms with van der Waals surface area (Å²) in [5.41, 5.74) is 4.10. The molecule has 0 aliphatic heterocycles. The van der Waals surface area contributed by atoms with Gasteiger partial charge >= 0.3 is 0 Å². The summed E-state index contributed by atoms with van der Waals surface area (Å²) in [6, 6.07) is 5.86. The number of halogens is 3. The van der Waals surface area contributed by atoms with Gasteiger partial charge < -0.3 is 10.4 Å². The molecule has 0 radical (unpaired) electrons. The molecule has 1 heterocycles. The Hall–Kier alpha value is -2.33. The highest BCUT2D eigenvalue weighted by molar-refractivity contribution is 7.16. The van der Waals surface area contributed by atoms with Crippen LogP contribution in [0.25, 0.3) is 10.2 Å². The average Bonchev–Trinajstić information content (AvgIpc) is 3.23. The lowest BCUT2D eigenvalue weighted by atomic mass is 10.1. The number of fused-ring (bicyclic) bond motifs is 1. The zero-order valence-electron chi connectivity index (χ0n) is 17.1. The number of benzene rings is 2. The Bertz CT molecular complexity index is 970. The van der Waals surface area contributed by atoms with E-state index in [0.717, 1.165) is 0 Å². The zero-order chi connectivity index (χ0) is 22.7. The molecule has 0 aliphatic rings. The Labute approximate surface area is 182 Å². The molecule has 3 aromatic rings. The van der Waals surface area contributed by atoms with Gasteiger partial charge in [0.2, 0.25) is 0 Å². The van der Waals surface area contributed by atoms with Crippen LogP contribution in [0.15, 0.2) is 29.8 Å². The number of hydrogen-bond acceptors (Lipinski definition) is 6. The van der Waals surface area contributed by atoms with Gasteiger partial charge in [0.1, 0.15) is 11.3 Å². The molecule has 1 aromatic heterocycles. The number of rotatable bonds is 6. The number of aliphatic hydroxyl groups excluding tert-OH is 1. The standard InChI is InChI=1S/C17H15F2N3O3S.C2H6.CH3Cl/c1-9-2-3-12(11(18)6-9)21-15-10(17(24)22-25-5-4-23)7-13-16(14(15)19)20-8-26-13;2*1-2/h2-3,6-8,21,23H,4-5H2,1H3,(H,22,24);1-2H3;1H3. The summed E-state index contributed by atoms with van der Waals surface area (Å²) in [6.07, 6.45) is 1.47. The molecular weight excluding hydrogens is 436 g/mol. The SMILES string of the molecule is CC.CCl.Cc1ccc(Nc2c(C(=O)NOCCO)cc3scnc3c2F)c(F)c1. The second-order valence-electron chi connectivity index (χ2n) is 5.42. The fourth-order valence-electron chi connectivity index (χ4n) is 2.34. The topological polar surface area (TPSA) is 83.5 Å². The summed E-state index contributed by atoms with van der Waals surface area (Å²) in [6.45, 7) is 5.32. The van der Waals surface area contributed by atoms with E-state index in [2.05, 4.69) is 27.4 Å². The van der Waals surface area contributed by atoms with E-state index in [4.69, 9.17) is 9.94 Å². The number of nitrogens with zero attached hydrogens (tertiary/aromatic N) is 1. The van der Waals surface area contributed by atoms with Gasteiger partial charge in [0.15, 0.2) is 5.82 Å². The molecule has 1 amide bonds. The molecule has 164 valence electrons. The first-order chi connectivity index (χ1) is 14.5. The third-order valence-electron chi connectivity index (χ3n) is 3.55. The van der Waals surface area contributed by atoms with Crippen molar-refractivity contribution in [1.82, 2.24) is 10.5 Å². The van der Waals surface area contributed by atoms with Gasteiger partial charge in [-0.3, -0.25) is 9.63 Å². The van der Waals surface area contributed by atoms with Crippen LogP contribution in [0.4, 0.5) is 20.2 Å². The Morgan fingerprint density at radius 3 is 2.60 bits per heavy atom. The zero-order valence-corrected chi connectivity index (χ0v) is 18.6. The Kier molecular flexibility index (Phi) is 11.2. The predicted octanol–water partition coefficient (Wildman–Crippen LogP) is 5.16. The molecule has 0 spiro atoms. The average molecular weight is 460 g/mol. The van der Waals surface area contributed by atoms with Crippen LogP contribution in [-0.2, 0) is 4.84 Å². The van der Waals surface area contributed by atoms with Gasteiger partial charge in [-0.05, 0) is 30.7 Å². The smallest absolute Gasteiger partial charge is 0.277 e. The number of nitrogens with one attached hydrogen (secondary N) is 2. The molecule has 0 unspecified atom stereocenters. The van der Waals surface area contributed by atoms with Crippen LogP contribution in [0, 0.1) is 18.6 Å². The molecule has 0 fully saturated rings. The number of carbonyl (C=O) groups excluding carboxylic acids is 1. The minimum atomic E-state index is -0.768. The lowest BCUT2D eigenvalue weighted by molar-refractivity contribution is 0.0169. The minimum Gasteiger partial charge on any atom is -0.394 e. The molecule has 0 saturated carbocycles. The van der Waals surface area contributed by atoms with Crippen molar-refractivity contribution in [2.75, 3.05) is 24.9 Å². The Morgan fingerprint density at radius 1 is 1.27 bits per heavy atom. The highest BCUT2D eigenvalue weighted by atomic mass is 35.5. The van der Waals surface area contributed by atoms with E-state index < -0.39 is 17.5 Å². The van der Waals surface area contributed by atoms with Crippen molar-refractivity contribution >= 4 is 50.4 Å². The molecule has 0 aliphatic carbocycles. The number of hydroxylamine groups is 1. The molecule has 10 heteroatoms. The third-order valence-corrected chi connectivity index (χ3v) is 4.33. The van der Waals surface area contributed by atoms with Crippen molar-refractivity contribution in [2.24, 2.45) is 0 Å². The van der Waals surface area contributed by atoms with Gasteiger partial charge in [-0.1, -0.05) is 19.9 Å². The van der Waals surface area contributed by atoms with Crippen molar-refractivity contribution in [3.8, 4) is 0 Å². The largest absolute Gasteiger partial charge is 0.394 e. The summed E-state index contributed by atoms with van der Waals surface area (Å²) >= 11 is 5.81. The van der Waals surface area contributed by atoms with Crippen LogP contribution in [0.3, 0.4) is 0 Å². The van der Waals surface area contributed by atoms with E-state index >= 15 is 0 Å². The molecule has 30 heavy (non-hydrogen) atoms. The monoisotopic (exact) mass is 459 g/mol. The van der Waals surface area contributed by atoms with Gasteiger partial charge in [-0.2, -0.15) is 0 Å². The molecular formula is C20H24ClF2N3O3S. The third kappa shape index (κ3) is 6.33. The van der Waals surface area contributed by atoms with Gasteiger partial charge in [-0.25, -0.2) is 19.2 Å². The number of alkyl halides is 1. The summed E-state index contributed by atoms with van der Waals surface area (Å²) in [4.78, 5) is 21.1. The van der Waals surface area contributed by atoms with E-state index in [1.54, 1.807) is 13.0 Å². The maximum absolute atomic E-state index is 14.9. The fraction of sp³-hybridized carbons (Fsp3) is 0.300. The number of thiazole rings is 1. The van der Waals surface area contributed by atoms with Gasteiger partial charge in [-0.15, -0.1) is 22.9 Å². The first kappa shape index (κ1) is 25.7. The van der Waals surface area contributed by atoms with E-state index in [9.17, 15) is 13.6 Å². The predicted molar refractivity (Wildman–Crippen MR) is 118 cm³/mol. The first-order valence-electron chi connectivity index (χ1n) is 9.01. The van der Waals surface area contributed by atoms with Crippen LogP contribution in [-0.4, -0.2) is 35.6 Å². The van der Waals surface area contributed by atoms with Crippen LogP contribution in [0.1, 0.15) is 29.8 Å². The molecule has 0 bridgehead atoms. The quantitative estimate of drug-likeness (QED) is 0.269. The van der Waals surface area contributed by atoms with Crippen molar-refractivity contribution in [2.45, 2.75) is 20.8 Å². The number of amides is 1. The Balaban J connectivity index is 0.00000106. The molecule has 2 aromatic carbocycles. The number of aryl methyl sites for hydroxylation is 1. The highest BCUT2D eigenvalue weighted by Gasteiger charge is 2.21. The second kappa shape index (κ2) is 13.1. The number of anilines is 2. The van der Waals surface area contributed by atoms with Crippen molar-refractivity contribution in [1.29, 1.82) is 0 Å². The normalized spacial score (nSPS) is 9.87. The number of hydrogen-bond donors (Lipinski definition) is 3. The second-order valence-corrected chi connectivity index (χ2v) is 6.31. The van der Waals surface area contributed by atoms with Crippen molar-refractivity contribution < 1.29 is 23.5 Å². The van der Waals surface area contributed by atoms with Crippen LogP contribution < -0.4 is 10.8 Å². The number of carbonyl (C=O) groups is 1. The van der Waals surface area contributed by atoms with Crippen molar-refractivity contribution in [3.05, 3.63) is 52.5 Å². The number of aliphatic hydroxyl groups is 1. The molecule has 6 nitrogen and oxygen atoms in total. The van der Waals surface area contributed by atoms with Crippen LogP contribution >= 0.6 is 22.9 Å². The van der Waals surface area contributed by atoms with Crippen LogP contribution in [0.2, 0.25) is 0 Å². The first-order valence-corrected chi connectivity index (χ1v) is 10.6. The van der Waals surface area contributed by atoms with Gasteiger partial charge in [0.05, 0.1) is 40.4 Å². The maximum Gasteiger partial charge on any atom is 0.277 e. The highest BCUT2D eigenvalue weighted by Crippen LogP contribution is 2.33. The van der Waals surface area contributed by atoms with E-state index in [1.165, 1.54) is 41.4 Å². The lowest BCUT2D eigenvalue weighted by Gasteiger charge is -2.14. The molecule has 3 rings (SSSR count).